The van der Waals surface area contributed by atoms with Gasteiger partial charge in [-0.1, -0.05) is 30.3 Å². The number of aryl methyl sites for hydroxylation is 2. The molecule has 0 saturated carbocycles. The third-order valence-corrected chi connectivity index (χ3v) is 7.68. The summed E-state index contributed by atoms with van der Waals surface area (Å²) in [5.74, 6) is -0.403. The van der Waals surface area contributed by atoms with Crippen LogP contribution in [0.5, 0.6) is 0 Å². The molecule has 2 aromatic heterocycles. The molecule has 1 amide bonds. The fourth-order valence-electron chi connectivity index (χ4n) is 4.76. The molecule has 2 N–H and O–H groups in total. The van der Waals surface area contributed by atoms with Crippen LogP contribution in [0.4, 0.5) is 5.82 Å². The van der Waals surface area contributed by atoms with E-state index in [1.807, 2.05) is 79.0 Å². The number of hydrogen-bond donors (Lipinski definition) is 2. The standard InChI is InChI=1S/C36H49N5O7/c1-26-13-9-10-14-28(26)29(32(40(7)8)33(42)39-31-15-11-12-18-37-31)25-45-19-16-35(3,4)47-21-22-48-36(5,6)17-20-46-34(43)30-24-41(44)27(2)23-38-30/h9-15,18,23-24H,16-17,19-22,25H2,1-8H3,(H-,37,38,39,42,44)/p+1/b32-29-. The Labute approximate surface area is 283 Å². The van der Waals surface area contributed by atoms with E-state index in [-0.39, 0.29) is 24.8 Å². The summed E-state index contributed by atoms with van der Waals surface area (Å²) in [6.07, 6.45) is 5.33. The van der Waals surface area contributed by atoms with Crippen LogP contribution >= 0.6 is 0 Å². The monoisotopic (exact) mass is 664 g/mol. The number of benzene rings is 1. The fourth-order valence-corrected chi connectivity index (χ4v) is 4.76. The van der Waals surface area contributed by atoms with Crippen molar-refractivity contribution in [2.24, 2.45) is 0 Å². The normalized spacial score (nSPS) is 12.3. The Morgan fingerprint density at radius 2 is 1.56 bits per heavy atom. The molecule has 3 aromatic rings. The Morgan fingerprint density at radius 1 is 0.917 bits per heavy atom. The maximum Gasteiger partial charge on any atom is 0.361 e. The van der Waals surface area contributed by atoms with Gasteiger partial charge in [-0.15, -0.1) is 0 Å². The number of aromatic amines is 1. The summed E-state index contributed by atoms with van der Waals surface area (Å²) in [5.41, 5.74) is 2.72. The number of likely N-dealkylation sites (N-methyl/N-ethyl adjacent to an activating group) is 1. The Balaban J connectivity index is 1.49. The Bertz CT molecular complexity index is 1600. The number of carbonyl (C=O) groups excluding carboxylic acids is 2. The van der Waals surface area contributed by atoms with Crippen molar-refractivity contribution < 1.29 is 33.0 Å². The highest BCUT2D eigenvalue weighted by Crippen LogP contribution is 2.26. The van der Waals surface area contributed by atoms with Crippen LogP contribution in [0, 0.1) is 18.8 Å². The number of aromatic nitrogens is 3. The number of H-pyrrole nitrogens is 1. The molecule has 12 heteroatoms. The lowest BCUT2D eigenvalue weighted by Gasteiger charge is -2.28. The zero-order valence-corrected chi connectivity index (χ0v) is 29.4. The molecule has 0 aliphatic rings. The van der Waals surface area contributed by atoms with Crippen LogP contribution in [0.25, 0.3) is 5.57 Å². The highest BCUT2D eigenvalue weighted by atomic mass is 16.6. The summed E-state index contributed by atoms with van der Waals surface area (Å²) in [7, 11) is 3.68. The first-order chi connectivity index (χ1) is 22.7. The molecule has 1 aromatic carbocycles. The quantitative estimate of drug-likeness (QED) is 0.0824. The summed E-state index contributed by atoms with van der Waals surface area (Å²) in [6, 6.07) is 13.3. The molecule has 0 atom stereocenters. The van der Waals surface area contributed by atoms with Gasteiger partial charge in [0.1, 0.15) is 11.5 Å². The number of anilines is 1. The van der Waals surface area contributed by atoms with Gasteiger partial charge >= 0.3 is 5.97 Å². The third-order valence-electron chi connectivity index (χ3n) is 7.68. The Morgan fingerprint density at radius 3 is 2.17 bits per heavy atom. The van der Waals surface area contributed by atoms with Gasteiger partial charge in [0, 0.05) is 50.7 Å². The van der Waals surface area contributed by atoms with Crippen LogP contribution in [0.2, 0.25) is 0 Å². The number of esters is 1. The van der Waals surface area contributed by atoms with Crippen molar-refractivity contribution in [2.45, 2.75) is 65.6 Å². The number of rotatable bonds is 18. The molecule has 0 radical (unpaired) electrons. The molecule has 0 saturated heterocycles. The van der Waals surface area contributed by atoms with Gasteiger partial charge in [0.05, 0.1) is 48.3 Å². The molecule has 260 valence electrons. The van der Waals surface area contributed by atoms with Crippen LogP contribution in [0.1, 0.15) is 67.8 Å². The molecule has 0 unspecified atom stereocenters. The van der Waals surface area contributed by atoms with E-state index < -0.39 is 17.2 Å². The second-order valence-corrected chi connectivity index (χ2v) is 12.9. The van der Waals surface area contributed by atoms with Gasteiger partial charge in [-0.05, 0) is 64.3 Å². The number of carbonyl (C=O) groups is 2. The van der Waals surface area contributed by atoms with E-state index in [4.69, 9.17) is 18.9 Å². The van der Waals surface area contributed by atoms with E-state index in [1.54, 1.807) is 30.2 Å². The molecule has 0 bridgehead atoms. The van der Waals surface area contributed by atoms with E-state index in [1.165, 1.54) is 6.20 Å². The first-order valence-corrected chi connectivity index (χ1v) is 16.0. The molecule has 0 aliphatic carbocycles. The number of hydrogen-bond acceptors (Lipinski definition) is 9. The number of pyridine rings is 1. The minimum atomic E-state index is -0.602. The number of ether oxygens (including phenoxy) is 4. The summed E-state index contributed by atoms with van der Waals surface area (Å²) >= 11 is 0. The van der Waals surface area contributed by atoms with E-state index in [0.717, 1.165) is 22.9 Å². The maximum absolute atomic E-state index is 13.5. The van der Waals surface area contributed by atoms with Crippen molar-refractivity contribution in [3.63, 3.8) is 0 Å². The van der Waals surface area contributed by atoms with Crippen LogP contribution in [-0.4, -0.2) is 85.1 Å². The predicted octanol–water partition coefficient (Wildman–Crippen LogP) is 5.10. The minimum absolute atomic E-state index is 0.0839. The molecular formula is C36H50N5O7+. The summed E-state index contributed by atoms with van der Waals surface area (Å²) in [4.78, 5) is 46.2. The molecule has 3 rings (SSSR count). The topological polar surface area (TPSA) is 138 Å². The second kappa shape index (κ2) is 17.7. The second-order valence-electron chi connectivity index (χ2n) is 12.9. The highest BCUT2D eigenvalue weighted by molar-refractivity contribution is 6.08. The van der Waals surface area contributed by atoms with Crippen molar-refractivity contribution >= 4 is 23.3 Å². The summed E-state index contributed by atoms with van der Waals surface area (Å²) < 4.78 is 24.3. The minimum Gasteiger partial charge on any atom is -0.461 e. The van der Waals surface area contributed by atoms with Crippen molar-refractivity contribution in [2.75, 3.05) is 52.4 Å². The first-order valence-electron chi connectivity index (χ1n) is 16.0. The van der Waals surface area contributed by atoms with Crippen molar-refractivity contribution in [1.29, 1.82) is 0 Å². The lowest BCUT2D eigenvalue weighted by Crippen LogP contribution is -2.32. The Kier molecular flexibility index (Phi) is 14.0. The average molecular weight is 665 g/mol. The highest BCUT2D eigenvalue weighted by Gasteiger charge is 2.24. The van der Waals surface area contributed by atoms with Crippen molar-refractivity contribution in [3.8, 4) is 0 Å². The fraction of sp³-hybridized carbons (Fsp3) is 0.472. The van der Waals surface area contributed by atoms with Gasteiger partial charge < -0.3 is 34.1 Å². The molecule has 2 heterocycles. The number of amides is 1. The number of nitrogens with one attached hydrogen (secondary N) is 2. The molecular weight excluding hydrogens is 614 g/mol. The first kappa shape index (κ1) is 38.1. The lowest BCUT2D eigenvalue weighted by atomic mass is 9.98. The van der Waals surface area contributed by atoms with Crippen LogP contribution in [0.15, 0.2) is 66.8 Å². The predicted molar refractivity (Wildman–Crippen MR) is 184 cm³/mol. The maximum atomic E-state index is 13.5. The average Bonchev–Trinajstić information content (AvgIpc) is 3.02. The van der Waals surface area contributed by atoms with Gasteiger partial charge in [0.2, 0.25) is 0 Å². The van der Waals surface area contributed by atoms with Crippen LogP contribution in [-0.2, 0) is 23.7 Å². The molecule has 0 fully saturated rings. The summed E-state index contributed by atoms with van der Waals surface area (Å²) in [6.45, 7) is 13.0. The lowest BCUT2D eigenvalue weighted by molar-refractivity contribution is -0.503. The zero-order valence-electron chi connectivity index (χ0n) is 29.4. The van der Waals surface area contributed by atoms with Gasteiger partial charge in [-0.3, -0.25) is 4.79 Å². The van der Waals surface area contributed by atoms with E-state index >= 15 is 0 Å². The van der Waals surface area contributed by atoms with Crippen molar-refractivity contribution in [1.82, 2.24) is 14.9 Å². The Hall–Kier alpha value is -4.39. The molecule has 12 nitrogen and oxygen atoms in total. The van der Waals surface area contributed by atoms with Gasteiger partial charge in [-0.2, -0.15) is 0 Å². The molecule has 48 heavy (non-hydrogen) atoms. The SMILES string of the molecule is Cc1ccccc1/C(COCCC(C)(C)OCCOC(C)(C)CCOC(=O)c1c[n+](=O)c(C)c[nH]1)=C(/C(=O)Nc1ccccn1)N(C)C. The van der Waals surface area contributed by atoms with Crippen molar-refractivity contribution in [3.05, 3.63) is 94.2 Å². The van der Waals surface area contributed by atoms with E-state index in [9.17, 15) is 14.5 Å². The number of nitrogens with zero attached hydrogens (tertiary/aromatic N) is 3. The van der Waals surface area contributed by atoms with E-state index in [0.29, 0.717) is 54.3 Å². The van der Waals surface area contributed by atoms with Crippen LogP contribution < -0.4 is 9.74 Å². The smallest absolute Gasteiger partial charge is 0.361 e. The summed E-state index contributed by atoms with van der Waals surface area (Å²) in [5, 5.41) is 2.90. The van der Waals surface area contributed by atoms with E-state index in [2.05, 4.69) is 15.3 Å². The van der Waals surface area contributed by atoms with Gasteiger partial charge in [-0.25, -0.2) is 9.78 Å². The van der Waals surface area contributed by atoms with Crippen LogP contribution in [0.3, 0.4) is 0 Å². The molecule has 0 aliphatic heterocycles. The largest absolute Gasteiger partial charge is 0.461 e. The zero-order chi connectivity index (χ0) is 35.3. The van der Waals surface area contributed by atoms with Gasteiger partial charge in [0.25, 0.3) is 17.8 Å². The molecule has 0 spiro atoms. The third kappa shape index (κ3) is 12.0. The van der Waals surface area contributed by atoms with Gasteiger partial charge in [0.15, 0.2) is 5.69 Å².